The number of benzene rings is 2. The second-order valence-corrected chi connectivity index (χ2v) is 5.65. The largest absolute Gasteiger partial charge is 0.324 e. The van der Waals surface area contributed by atoms with Gasteiger partial charge in [0.1, 0.15) is 0 Å². The standard InChI is InChI=1S/C19H20N2/c1-13-8-9-15(11-14(13)2)12-18(20)17-7-3-5-16-6-4-10-21-19(16)17/h3-11,18H,12,20H2,1-2H3. The summed E-state index contributed by atoms with van der Waals surface area (Å²) in [5.74, 6) is 0. The Balaban J connectivity index is 1.93. The average molecular weight is 276 g/mol. The van der Waals surface area contributed by atoms with Gasteiger partial charge >= 0.3 is 0 Å². The molecule has 0 saturated heterocycles. The van der Waals surface area contributed by atoms with Crippen molar-refractivity contribution in [3.8, 4) is 0 Å². The summed E-state index contributed by atoms with van der Waals surface area (Å²) < 4.78 is 0. The van der Waals surface area contributed by atoms with Crippen LogP contribution in [0.3, 0.4) is 0 Å². The fourth-order valence-electron chi connectivity index (χ4n) is 2.72. The number of nitrogens with two attached hydrogens (primary N) is 1. The molecule has 106 valence electrons. The highest BCUT2D eigenvalue weighted by atomic mass is 14.7. The van der Waals surface area contributed by atoms with E-state index in [-0.39, 0.29) is 6.04 Å². The predicted octanol–water partition coefficient (Wildman–Crippen LogP) is 4.09. The summed E-state index contributed by atoms with van der Waals surface area (Å²) in [6.45, 7) is 4.28. The molecule has 0 bridgehead atoms. The monoisotopic (exact) mass is 276 g/mol. The van der Waals surface area contributed by atoms with Gasteiger partial charge in [0.25, 0.3) is 0 Å². The minimum absolute atomic E-state index is 0.0364. The zero-order chi connectivity index (χ0) is 14.8. The molecule has 1 heterocycles. The van der Waals surface area contributed by atoms with Gasteiger partial charge in [-0.15, -0.1) is 0 Å². The normalized spacial score (nSPS) is 12.5. The lowest BCUT2D eigenvalue weighted by Crippen LogP contribution is -2.14. The summed E-state index contributed by atoms with van der Waals surface area (Å²) in [6, 6.07) is 16.8. The van der Waals surface area contributed by atoms with Crippen molar-refractivity contribution in [1.29, 1.82) is 0 Å². The molecule has 0 saturated carbocycles. The van der Waals surface area contributed by atoms with E-state index in [9.17, 15) is 0 Å². The van der Waals surface area contributed by atoms with Gasteiger partial charge < -0.3 is 5.73 Å². The van der Waals surface area contributed by atoms with Crippen molar-refractivity contribution < 1.29 is 0 Å². The number of hydrogen-bond acceptors (Lipinski definition) is 2. The SMILES string of the molecule is Cc1ccc(CC(N)c2cccc3cccnc23)cc1C. The molecule has 3 rings (SSSR count). The Morgan fingerprint density at radius 1 is 1.00 bits per heavy atom. The van der Waals surface area contributed by atoms with E-state index in [4.69, 9.17) is 5.73 Å². The van der Waals surface area contributed by atoms with Gasteiger partial charge in [0, 0.05) is 17.6 Å². The molecule has 2 heteroatoms. The molecule has 2 aromatic carbocycles. The second-order valence-electron chi connectivity index (χ2n) is 5.65. The summed E-state index contributed by atoms with van der Waals surface area (Å²) in [6.07, 6.45) is 2.66. The summed E-state index contributed by atoms with van der Waals surface area (Å²) in [5.41, 5.74) is 12.5. The molecule has 1 aromatic heterocycles. The fourth-order valence-corrected chi connectivity index (χ4v) is 2.72. The van der Waals surface area contributed by atoms with Crippen molar-refractivity contribution in [1.82, 2.24) is 4.98 Å². The van der Waals surface area contributed by atoms with Gasteiger partial charge in [-0.05, 0) is 48.6 Å². The van der Waals surface area contributed by atoms with Crippen LogP contribution in [0.25, 0.3) is 10.9 Å². The molecule has 2 nitrogen and oxygen atoms in total. The lowest BCUT2D eigenvalue weighted by molar-refractivity contribution is 0.725. The van der Waals surface area contributed by atoms with Gasteiger partial charge in [-0.25, -0.2) is 0 Å². The van der Waals surface area contributed by atoms with Gasteiger partial charge in [0.2, 0.25) is 0 Å². The van der Waals surface area contributed by atoms with Crippen LogP contribution in [0.1, 0.15) is 28.3 Å². The second kappa shape index (κ2) is 5.66. The van der Waals surface area contributed by atoms with Crippen molar-refractivity contribution in [2.45, 2.75) is 26.3 Å². The van der Waals surface area contributed by atoms with Gasteiger partial charge in [-0.3, -0.25) is 4.98 Å². The summed E-state index contributed by atoms with van der Waals surface area (Å²) >= 11 is 0. The first-order valence-corrected chi connectivity index (χ1v) is 7.30. The highest BCUT2D eigenvalue weighted by Crippen LogP contribution is 2.24. The molecule has 0 aliphatic carbocycles. The molecule has 1 atom stereocenters. The Bertz CT molecular complexity index is 772. The third-order valence-corrected chi connectivity index (χ3v) is 4.09. The van der Waals surface area contributed by atoms with Gasteiger partial charge in [-0.1, -0.05) is 42.5 Å². The number of aromatic nitrogens is 1. The summed E-state index contributed by atoms with van der Waals surface area (Å²) in [7, 11) is 0. The van der Waals surface area contributed by atoms with E-state index in [1.54, 1.807) is 0 Å². The molecule has 0 fully saturated rings. The highest BCUT2D eigenvalue weighted by molar-refractivity contribution is 5.82. The van der Waals surface area contributed by atoms with E-state index in [0.29, 0.717) is 0 Å². The van der Waals surface area contributed by atoms with Gasteiger partial charge in [0.15, 0.2) is 0 Å². The number of rotatable bonds is 3. The number of aryl methyl sites for hydroxylation is 2. The Kier molecular flexibility index (Phi) is 3.72. The molecule has 2 N–H and O–H groups in total. The Hall–Kier alpha value is -2.19. The molecule has 21 heavy (non-hydrogen) atoms. The smallest absolute Gasteiger partial charge is 0.0749 e. The zero-order valence-electron chi connectivity index (χ0n) is 12.5. The van der Waals surface area contributed by atoms with Crippen LogP contribution in [0.4, 0.5) is 0 Å². The Morgan fingerprint density at radius 3 is 2.62 bits per heavy atom. The quantitative estimate of drug-likeness (QED) is 0.782. The van der Waals surface area contributed by atoms with E-state index < -0.39 is 0 Å². The van der Waals surface area contributed by atoms with E-state index in [0.717, 1.165) is 22.9 Å². The summed E-state index contributed by atoms with van der Waals surface area (Å²) in [4.78, 5) is 4.50. The van der Waals surface area contributed by atoms with Gasteiger partial charge in [-0.2, -0.15) is 0 Å². The van der Waals surface area contributed by atoms with Gasteiger partial charge in [0.05, 0.1) is 5.52 Å². The topological polar surface area (TPSA) is 38.9 Å². The van der Waals surface area contributed by atoms with E-state index in [1.807, 2.05) is 12.3 Å². The molecule has 3 aromatic rings. The maximum atomic E-state index is 6.44. The van der Waals surface area contributed by atoms with Crippen LogP contribution in [0.15, 0.2) is 54.7 Å². The van der Waals surface area contributed by atoms with Crippen molar-refractivity contribution in [2.24, 2.45) is 5.73 Å². The molecule has 1 unspecified atom stereocenters. The first-order chi connectivity index (χ1) is 10.1. The average Bonchev–Trinajstić information content (AvgIpc) is 2.50. The Morgan fingerprint density at radius 2 is 1.81 bits per heavy atom. The number of fused-ring (bicyclic) bond motifs is 1. The highest BCUT2D eigenvalue weighted by Gasteiger charge is 2.11. The minimum Gasteiger partial charge on any atom is -0.324 e. The molecular weight excluding hydrogens is 256 g/mol. The van der Waals surface area contributed by atoms with E-state index in [2.05, 4.69) is 61.3 Å². The fraction of sp³-hybridized carbons (Fsp3) is 0.211. The zero-order valence-corrected chi connectivity index (χ0v) is 12.5. The van der Waals surface area contributed by atoms with Crippen LogP contribution >= 0.6 is 0 Å². The van der Waals surface area contributed by atoms with Crippen LogP contribution in [-0.4, -0.2) is 4.98 Å². The predicted molar refractivity (Wildman–Crippen MR) is 88.3 cm³/mol. The molecule has 0 aliphatic rings. The third-order valence-electron chi connectivity index (χ3n) is 4.09. The van der Waals surface area contributed by atoms with E-state index >= 15 is 0 Å². The Labute approximate surface area is 125 Å². The van der Waals surface area contributed by atoms with Crippen molar-refractivity contribution in [3.05, 3.63) is 77.0 Å². The lowest BCUT2D eigenvalue weighted by Gasteiger charge is -2.15. The van der Waals surface area contributed by atoms with Crippen molar-refractivity contribution >= 4 is 10.9 Å². The minimum atomic E-state index is -0.0364. The molecule has 0 spiro atoms. The van der Waals surface area contributed by atoms with Crippen LogP contribution < -0.4 is 5.73 Å². The van der Waals surface area contributed by atoms with Crippen LogP contribution in [0.5, 0.6) is 0 Å². The van der Waals surface area contributed by atoms with E-state index in [1.165, 1.54) is 16.7 Å². The molecule has 0 radical (unpaired) electrons. The molecular formula is C19H20N2. The van der Waals surface area contributed by atoms with Crippen LogP contribution in [0.2, 0.25) is 0 Å². The maximum absolute atomic E-state index is 6.44. The lowest BCUT2D eigenvalue weighted by atomic mass is 9.95. The molecule has 0 aliphatic heterocycles. The number of para-hydroxylation sites is 1. The van der Waals surface area contributed by atoms with Crippen molar-refractivity contribution in [2.75, 3.05) is 0 Å². The summed E-state index contributed by atoms with van der Waals surface area (Å²) in [5, 5.41) is 1.14. The number of pyridine rings is 1. The number of hydrogen-bond donors (Lipinski definition) is 1. The maximum Gasteiger partial charge on any atom is 0.0749 e. The first kappa shape index (κ1) is 13.8. The van der Waals surface area contributed by atoms with Crippen LogP contribution in [-0.2, 0) is 6.42 Å². The third kappa shape index (κ3) is 2.81. The first-order valence-electron chi connectivity index (χ1n) is 7.30. The van der Waals surface area contributed by atoms with Crippen LogP contribution in [0, 0.1) is 13.8 Å². The van der Waals surface area contributed by atoms with Crippen molar-refractivity contribution in [3.63, 3.8) is 0 Å². The molecule has 0 amide bonds. The number of nitrogens with zero attached hydrogens (tertiary/aromatic N) is 1.